The molecule has 2 aromatic heterocycles. The van der Waals surface area contributed by atoms with Crippen molar-refractivity contribution in [3.63, 3.8) is 0 Å². The van der Waals surface area contributed by atoms with Crippen LogP contribution >= 0.6 is 11.6 Å². The molecule has 23 heavy (non-hydrogen) atoms. The van der Waals surface area contributed by atoms with Crippen molar-refractivity contribution in [1.29, 1.82) is 0 Å². The molecule has 7 heteroatoms. The summed E-state index contributed by atoms with van der Waals surface area (Å²) in [6.07, 6.45) is 1.15. The molecule has 0 aliphatic heterocycles. The number of nitrogens with zero attached hydrogens (tertiary/aromatic N) is 4. The van der Waals surface area contributed by atoms with Crippen LogP contribution in [0.2, 0.25) is 5.02 Å². The molecule has 1 amide bonds. The van der Waals surface area contributed by atoms with Crippen molar-refractivity contribution < 1.29 is 4.79 Å². The Hall–Kier alpha value is -2.21. The molecule has 6 nitrogen and oxygen atoms in total. The van der Waals surface area contributed by atoms with Crippen LogP contribution in [0.3, 0.4) is 0 Å². The predicted molar refractivity (Wildman–Crippen MR) is 90.8 cm³/mol. The molecule has 0 bridgehead atoms. The lowest BCUT2D eigenvalue weighted by molar-refractivity contribution is -0.116. The molecule has 0 saturated heterocycles. The first-order chi connectivity index (χ1) is 11.0. The summed E-state index contributed by atoms with van der Waals surface area (Å²) < 4.78 is 1.90. The van der Waals surface area contributed by atoms with E-state index < -0.39 is 0 Å². The monoisotopic (exact) mass is 331 g/mol. The lowest BCUT2D eigenvalue weighted by Gasteiger charge is -2.10. The Bertz CT molecular complexity index is 887. The summed E-state index contributed by atoms with van der Waals surface area (Å²) in [6.45, 7) is 6.00. The fourth-order valence-electron chi connectivity index (χ4n) is 2.53. The van der Waals surface area contributed by atoms with Gasteiger partial charge in [0.1, 0.15) is 5.82 Å². The molecule has 0 spiro atoms. The highest BCUT2D eigenvalue weighted by atomic mass is 35.5. The van der Waals surface area contributed by atoms with Crippen molar-refractivity contribution in [1.82, 2.24) is 19.6 Å². The summed E-state index contributed by atoms with van der Waals surface area (Å²) in [5.74, 6) is 1.42. The van der Waals surface area contributed by atoms with E-state index >= 15 is 0 Å². The number of hydrogen-bond donors (Lipinski definition) is 1. The topological polar surface area (TPSA) is 72.2 Å². The Balaban J connectivity index is 2.19. The number of benzene rings is 1. The number of anilines is 1. The lowest BCUT2D eigenvalue weighted by atomic mass is 10.1. The van der Waals surface area contributed by atoms with Gasteiger partial charge in [-0.1, -0.05) is 32.4 Å². The van der Waals surface area contributed by atoms with Gasteiger partial charge in [-0.15, -0.1) is 10.2 Å². The maximum atomic E-state index is 12.1. The Morgan fingerprint density at radius 1 is 1.35 bits per heavy atom. The molecular formula is C16H18ClN5O. The molecule has 0 aliphatic rings. The number of hydrogen-bond acceptors (Lipinski definition) is 4. The van der Waals surface area contributed by atoms with Crippen molar-refractivity contribution in [3.8, 4) is 0 Å². The number of amides is 1. The largest absolute Gasteiger partial charge is 0.307 e. The maximum absolute atomic E-state index is 12.1. The van der Waals surface area contributed by atoms with Crippen LogP contribution in [0.4, 0.5) is 5.82 Å². The standard InChI is InChI=1S/C16H18ClN5O/c1-4-13-20-21-16-15(19-14(23)7-9(2)3)18-11-6-5-10(17)8-12(11)22(13)16/h5-6,8-9H,4,7H2,1-3H3,(H,18,19,23). The second kappa shape index (κ2) is 6.12. The van der Waals surface area contributed by atoms with Crippen molar-refractivity contribution in [2.24, 2.45) is 5.92 Å². The molecule has 0 aliphatic carbocycles. The number of carbonyl (C=O) groups excluding carboxylic acids is 1. The van der Waals surface area contributed by atoms with Crippen LogP contribution in [0.25, 0.3) is 16.7 Å². The number of carbonyl (C=O) groups is 1. The first-order valence-corrected chi connectivity index (χ1v) is 8.00. The van der Waals surface area contributed by atoms with Gasteiger partial charge in [0.05, 0.1) is 11.0 Å². The van der Waals surface area contributed by atoms with E-state index in [1.54, 1.807) is 6.07 Å². The number of aromatic nitrogens is 4. The van der Waals surface area contributed by atoms with Crippen LogP contribution in [0.1, 0.15) is 33.0 Å². The Labute approximate surface area is 138 Å². The van der Waals surface area contributed by atoms with E-state index in [0.717, 1.165) is 16.9 Å². The summed E-state index contributed by atoms with van der Waals surface area (Å²) >= 11 is 6.11. The predicted octanol–water partition coefficient (Wildman–Crippen LogP) is 3.48. The van der Waals surface area contributed by atoms with E-state index in [2.05, 4.69) is 20.5 Å². The van der Waals surface area contributed by atoms with Crippen molar-refractivity contribution in [2.75, 3.05) is 5.32 Å². The summed E-state index contributed by atoms with van der Waals surface area (Å²) in [4.78, 5) is 16.6. The van der Waals surface area contributed by atoms with E-state index in [4.69, 9.17) is 11.6 Å². The van der Waals surface area contributed by atoms with Crippen LogP contribution in [0, 0.1) is 5.92 Å². The fraction of sp³-hybridized carbons (Fsp3) is 0.375. The summed E-state index contributed by atoms with van der Waals surface area (Å²) in [5, 5.41) is 11.9. The average Bonchev–Trinajstić information content (AvgIpc) is 2.91. The van der Waals surface area contributed by atoms with Gasteiger partial charge in [-0.3, -0.25) is 9.20 Å². The summed E-state index contributed by atoms with van der Waals surface area (Å²) in [7, 11) is 0. The third-order valence-electron chi connectivity index (χ3n) is 3.52. The van der Waals surface area contributed by atoms with E-state index in [1.165, 1.54) is 0 Å². The fourth-order valence-corrected chi connectivity index (χ4v) is 2.70. The normalized spacial score (nSPS) is 11.5. The third kappa shape index (κ3) is 2.99. The highest BCUT2D eigenvalue weighted by Gasteiger charge is 2.16. The molecule has 120 valence electrons. The number of rotatable bonds is 4. The van der Waals surface area contributed by atoms with Crippen LogP contribution in [-0.4, -0.2) is 25.5 Å². The zero-order valence-electron chi connectivity index (χ0n) is 13.3. The van der Waals surface area contributed by atoms with Gasteiger partial charge in [-0.05, 0) is 24.1 Å². The van der Waals surface area contributed by atoms with E-state index in [9.17, 15) is 4.79 Å². The second-order valence-electron chi connectivity index (χ2n) is 5.87. The van der Waals surface area contributed by atoms with Gasteiger partial charge >= 0.3 is 0 Å². The molecule has 1 aromatic carbocycles. The molecule has 0 fully saturated rings. The number of aryl methyl sites for hydroxylation is 1. The van der Waals surface area contributed by atoms with E-state index in [0.29, 0.717) is 29.3 Å². The molecule has 3 rings (SSSR count). The second-order valence-corrected chi connectivity index (χ2v) is 6.30. The zero-order chi connectivity index (χ0) is 16.6. The molecular weight excluding hydrogens is 314 g/mol. The smallest absolute Gasteiger partial charge is 0.225 e. The average molecular weight is 332 g/mol. The molecule has 0 radical (unpaired) electrons. The van der Waals surface area contributed by atoms with Gasteiger partial charge < -0.3 is 5.32 Å². The first kappa shape index (κ1) is 15.7. The molecule has 0 unspecified atom stereocenters. The van der Waals surface area contributed by atoms with Gasteiger partial charge in [-0.25, -0.2) is 4.98 Å². The van der Waals surface area contributed by atoms with Gasteiger partial charge in [0.25, 0.3) is 0 Å². The zero-order valence-corrected chi connectivity index (χ0v) is 14.1. The van der Waals surface area contributed by atoms with Gasteiger partial charge in [0.2, 0.25) is 11.6 Å². The minimum Gasteiger partial charge on any atom is -0.307 e. The molecule has 0 saturated carbocycles. The van der Waals surface area contributed by atoms with Crippen molar-refractivity contribution >= 4 is 40.0 Å². The highest BCUT2D eigenvalue weighted by Crippen LogP contribution is 2.24. The minimum atomic E-state index is -0.0799. The van der Waals surface area contributed by atoms with Gasteiger partial charge in [0, 0.05) is 17.9 Å². The quantitative estimate of drug-likeness (QED) is 0.794. The highest BCUT2D eigenvalue weighted by molar-refractivity contribution is 6.31. The van der Waals surface area contributed by atoms with Crippen LogP contribution in [0.5, 0.6) is 0 Å². The van der Waals surface area contributed by atoms with Crippen LogP contribution < -0.4 is 5.32 Å². The van der Waals surface area contributed by atoms with Gasteiger partial charge in [0.15, 0.2) is 5.82 Å². The van der Waals surface area contributed by atoms with Gasteiger partial charge in [-0.2, -0.15) is 0 Å². The summed E-state index contributed by atoms with van der Waals surface area (Å²) in [6, 6.07) is 5.44. The Morgan fingerprint density at radius 3 is 2.83 bits per heavy atom. The molecule has 3 aromatic rings. The molecule has 1 N–H and O–H groups in total. The first-order valence-electron chi connectivity index (χ1n) is 7.62. The van der Waals surface area contributed by atoms with E-state index in [1.807, 2.05) is 37.3 Å². The van der Waals surface area contributed by atoms with E-state index in [-0.39, 0.29) is 11.8 Å². The van der Waals surface area contributed by atoms with Crippen molar-refractivity contribution in [2.45, 2.75) is 33.6 Å². The minimum absolute atomic E-state index is 0.0799. The third-order valence-corrected chi connectivity index (χ3v) is 3.76. The molecule has 2 heterocycles. The maximum Gasteiger partial charge on any atom is 0.225 e. The number of fused-ring (bicyclic) bond motifs is 3. The summed E-state index contributed by atoms with van der Waals surface area (Å²) in [5.41, 5.74) is 2.10. The Kier molecular flexibility index (Phi) is 4.17. The van der Waals surface area contributed by atoms with Crippen LogP contribution in [-0.2, 0) is 11.2 Å². The Morgan fingerprint density at radius 2 is 2.13 bits per heavy atom. The molecule has 0 atom stereocenters. The number of halogens is 1. The SMILES string of the molecule is CCc1nnc2c(NC(=O)CC(C)C)nc3ccc(Cl)cc3n12. The van der Waals surface area contributed by atoms with Crippen molar-refractivity contribution in [3.05, 3.63) is 29.0 Å². The number of nitrogens with one attached hydrogen (secondary N) is 1. The van der Waals surface area contributed by atoms with Crippen LogP contribution in [0.15, 0.2) is 18.2 Å². The lowest BCUT2D eigenvalue weighted by Crippen LogP contribution is -2.16.